The predicted molar refractivity (Wildman–Crippen MR) is 103 cm³/mol. The van der Waals surface area contributed by atoms with Gasteiger partial charge in [0.15, 0.2) is 0 Å². The van der Waals surface area contributed by atoms with Gasteiger partial charge in [-0.1, -0.05) is 41.9 Å². The standard InChI is InChI=1S/C20H17ClN4O/c1-13-6-3-4-7-15(13)12-24-20(26)19-18(14(2)23-24)11-22-25(19)17-9-5-8-16(21)10-17/h3-11H,12H2,1-2H3. The second-order valence-corrected chi connectivity index (χ2v) is 6.71. The maximum Gasteiger partial charge on any atom is 0.293 e. The van der Waals surface area contributed by atoms with Gasteiger partial charge >= 0.3 is 0 Å². The van der Waals surface area contributed by atoms with Crippen molar-refractivity contribution in [2.75, 3.05) is 0 Å². The zero-order valence-corrected chi connectivity index (χ0v) is 15.2. The number of rotatable bonds is 3. The van der Waals surface area contributed by atoms with Gasteiger partial charge in [-0.2, -0.15) is 10.2 Å². The Morgan fingerprint density at radius 3 is 2.65 bits per heavy atom. The van der Waals surface area contributed by atoms with E-state index in [-0.39, 0.29) is 5.56 Å². The van der Waals surface area contributed by atoms with Crippen molar-refractivity contribution in [2.24, 2.45) is 0 Å². The fourth-order valence-electron chi connectivity index (χ4n) is 3.08. The molecular weight excluding hydrogens is 348 g/mol. The minimum atomic E-state index is -0.175. The topological polar surface area (TPSA) is 52.7 Å². The third kappa shape index (κ3) is 2.80. The summed E-state index contributed by atoms with van der Waals surface area (Å²) in [5, 5.41) is 10.2. The number of fused-ring (bicyclic) bond motifs is 1. The van der Waals surface area contributed by atoms with E-state index in [4.69, 9.17) is 11.6 Å². The summed E-state index contributed by atoms with van der Waals surface area (Å²) in [5.74, 6) is 0. The number of benzene rings is 2. The monoisotopic (exact) mass is 364 g/mol. The van der Waals surface area contributed by atoms with E-state index >= 15 is 0 Å². The Kier molecular flexibility index (Phi) is 4.09. The Hall–Kier alpha value is -2.92. The molecule has 0 fully saturated rings. The highest BCUT2D eigenvalue weighted by atomic mass is 35.5. The van der Waals surface area contributed by atoms with Crippen molar-refractivity contribution in [1.82, 2.24) is 19.6 Å². The zero-order valence-electron chi connectivity index (χ0n) is 14.5. The van der Waals surface area contributed by atoms with Crippen LogP contribution in [0.15, 0.2) is 59.5 Å². The van der Waals surface area contributed by atoms with Crippen LogP contribution in [0.4, 0.5) is 0 Å². The zero-order chi connectivity index (χ0) is 18.3. The lowest BCUT2D eigenvalue weighted by Crippen LogP contribution is -2.26. The van der Waals surface area contributed by atoms with Crippen LogP contribution in [0.5, 0.6) is 0 Å². The van der Waals surface area contributed by atoms with Gasteiger partial charge in [-0.15, -0.1) is 0 Å². The SMILES string of the molecule is Cc1ccccc1Cn1nc(C)c2cnn(-c3cccc(Cl)c3)c2c1=O. The van der Waals surface area contributed by atoms with E-state index < -0.39 is 0 Å². The van der Waals surface area contributed by atoms with Gasteiger partial charge in [0.2, 0.25) is 0 Å². The third-order valence-corrected chi connectivity index (χ3v) is 4.74. The van der Waals surface area contributed by atoms with Crippen molar-refractivity contribution in [3.63, 3.8) is 0 Å². The number of aromatic nitrogens is 4. The first kappa shape index (κ1) is 16.5. The van der Waals surface area contributed by atoms with E-state index in [0.717, 1.165) is 27.9 Å². The van der Waals surface area contributed by atoms with Crippen LogP contribution in [-0.4, -0.2) is 19.6 Å². The molecule has 0 aliphatic rings. The molecule has 0 saturated heterocycles. The molecule has 0 atom stereocenters. The molecule has 5 nitrogen and oxygen atoms in total. The van der Waals surface area contributed by atoms with E-state index in [1.54, 1.807) is 23.0 Å². The van der Waals surface area contributed by atoms with Crippen LogP contribution in [0.1, 0.15) is 16.8 Å². The van der Waals surface area contributed by atoms with Gasteiger partial charge in [-0.3, -0.25) is 4.79 Å². The van der Waals surface area contributed by atoms with Gasteiger partial charge in [0.05, 0.1) is 24.1 Å². The maximum absolute atomic E-state index is 13.1. The van der Waals surface area contributed by atoms with Crippen LogP contribution in [0.3, 0.4) is 0 Å². The van der Waals surface area contributed by atoms with Crippen LogP contribution in [0.25, 0.3) is 16.6 Å². The largest absolute Gasteiger partial charge is 0.293 e. The molecule has 6 heteroatoms. The highest BCUT2D eigenvalue weighted by Crippen LogP contribution is 2.20. The maximum atomic E-state index is 13.1. The number of hydrogen-bond acceptors (Lipinski definition) is 3. The Morgan fingerprint density at radius 2 is 1.88 bits per heavy atom. The molecule has 0 aliphatic carbocycles. The third-order valence-electron chi connectivity index (χ3n) is 4.50. The first-order chi connectivity index (χ1) is 12.5. The van der Waals surface area contributed by atoms with Crippen LogP contribution < -0.4 is 5.56 Å². The molecule has 0 saturated carbocycles. The van der Waals surface area contributed by atoms with Crippen LogP contribution in [0, 0.1) is 13.8 Å². The van der Waals surface area contributed by atoms with E-state index in [9.17, 15) is 4.79 Å². The molecule has 2 aromatic carbocycles. The minimum absolute atomic E-state index is 0.175. The van der Waals surface area contributed by atoms with E-state index in [0.29, 0.717) is 17.1 Å². The summed E-state index contributed by atoms with van der Waals surface area (Å²) >= 11 is 6.10. The molecule has 4 aromatic rings. The van der Waals surface area contributed by atoms with E-state index in [1.165, 1.54) is 4.68 Å². The number of aryl methyl sites for hydroxylation is 2. The van der Waals surface area contributed by atoms with Crippen LogP contribution in [-0.2, 0) is 6.54 Å². The van der Waals surface area contributed by atoms with Gasteiger partial charge in [0, 0.05) is 10.4 Å². The molecule has 26 heavy (non-hydrogen) atoms. The normalized spacial score (nSPS) is 11.2. The van der Waals surface area contributed by atoms with E-state index in [1.807, 2.05) is 50.2 Å². The van der Waals surface area contributed by atoms with Crippen molar-refractivity contribution < 1.29 is 0 Å². The number of nitrogens with zero attached hydrogens (tertiary/aromatic N) is 4. The molecule has 0 N–H and O–H groups in total. The highest BCUT2D eigenvalue weighted by molar-refractivity contribution is 6.30. The quantitative estimate of drug-likeness (QED) is 0.554. The van der Waals surface area contributed by atoms with Crippen molar-refractivity contribution >= 4 is 22.5 Å². The van der Waals surface area contributed by atoms with Crippen LogP contribution >= 0.6 is 11.6 Å². The van der Waals surface area contributed by atoms with Crippen molar-refractivity contribution in [2.45, 2.75) is 20.4 Å². The minimum Gasteiger partial charge on any atom is -0.265 e. The highest BCUT2D eigenvalue weighted by Gasteiger charge is 2.15. The van der Waals surface area contributed by atoms with Crippen molar-refractivity contribution in [3.05, 3.63) is 86.9 Å². The van der Waals surface area contributed by atoms with Crippen molar-refractivity contribution in [1.29, 1.82) is 0 Å². The summed E-state index contributed by atoms with van der Waals surface area (Å²) in [5.41, 5.74) is 4.04. The molecule has 0 amide bonds. The number of hydrogen-bond donors (Lipinski definition) is 0. The van der Waals surface area contributed by atoms with Gasteiger partial charge in [-0.05, 0) is 43.2 Å². The predicted octanol–water partition coefficient (Wildman–Crippen LogP) is 3.90. The molecule has 0 radical (unpaired) electrons. The Morgan fingerprint density at radius 1 is 1.08 bits per heavy atom. The van der Waals surface area contributed by atoms with Crippen LogP contribution in [0.2, 0.25) is 5.02 Å². The molecule has 4 rings (SSSR count). The summed E-state index contributed by atoms with van der Waals surface area (Å²) in [7, 11) is 0. The smallest absolute Gasteiger partial charge is 0.265 e. The lowest BCUT2D eigenvalue weighted by atomic mass is 10.1. The summed E-state index contributed by atoms with van der Waals surface area (Å²) in [6.07, 6.45) is 1.68. The molecule has 0 aliphatic heterocycles. The summed E-state index contributed by atoms with van der Waals surface area (Å²) < 4.78 is 3.13. The molecule has 130 valence electrons. The molecule has 0 spiro atoms. The fraction of sp³-hybridized carbons (Fsp3) is 0.150. The first-order valence-electron chi connectivity index (χ1n) is 8.30. The van der Waals surface area contributed by atoms with E-state index in [2.05, 4.69) is 10.2 Å². The average molecular weight is 365 g/mol. The van der Waals surface area contributed by atoms with Gasteiger partial charge < -0.3 is 0 Å². The summed E-state index contributed by atoms with van der Waals surface area (Å²) in [6.45, 7) is 4.34. The second kappa shape index (κ2) is 6.42. The Balaban J connectivity index is 1.92. The molecular formula is C20H17ClN4O. The van der Waals surface area contributed by atoms with Crippen molar-refractivity contribution in [3.8, 4) is 5.69 Å². The molecule has 2 heterocycles. The second-order valence-electron chi connectivity index (χ2n) is 6.27. The van der Waals surface area contributed by atoms with Gasteiger partial charge in [0.25, 0.3) is 5.56 Å². The summed E-state index contributed by atoms with van der Waals surface area (Å²) in [6, 6.07) is 15.3. The molecule has 2 aromatic heterocycles. The Bertz CT molecular complexity index is 1180. The molecule has 0 bridgehead atoms. The van der Waals surface area contributed by atoms with Gasteiger partial charge in [-0.25, -0.2) is 9.36 Å². The first-order valence-corrected chi connectivity index (χ1v) is 8.68. The Labute approximate surface area is 155 Å². The number of halogens is 1. The van der Waals surface area contributed by atoms with Gasteiger partial charge in [0.1, 0.15) is 5.52 Å². The molecule has 0 unspecified atom stereocenters. The average Bonchev–Trinajstić information content (AvgIpc) is 3.07. The lowest BCUT2D eigenvalue weighted by Gasteiger charge is -2.10. The fourth-order valence-corrected chi connectivity index (χ4v) is 3.27. The summed E-state index contributed by atoms with van der Waals surface area (Å²) in [4.78, 5) is 13.1. The lowest BCUT2D eigenvalue weighted by molar-refractivity contribution is 0.632.